The van der Waals surface area contributed by atoms with E-state index in [1.807, 2.05) is 6.92 Å². The number of aliphatic hydroxyl groups is 1. The molecule has 0 aliphatic heterocycles. The van der Waals surface area contributed by atoms with Crippen molar-refractivity contribution in [2.75, 3.05) is 6.61 Å². The molecular weight excluding hydrogens is 152 g/mol. The normalized spacial score (nSPS) is 13.5. The highest BCUT2D eigenvalue weighted by molar-refractivity contribution is 6.83. The van der Waals surface area contributed by atoms with Gasteiger partial charge in [-0.15, -0.1) is 11.5 Å². The zero-order valence-corrected chi connectivity index (χ0v) is 8.94. The number of hydrogen-bond acceptors (Lipinski definition) is 1. The van der Waals surface area contributed by atoms with Gasteiger partial charge in [0.2, 0.25) is 0 Å². The minimum Gasteiger partial charge on any atom is -0.396 e. The quantitative estimate of drug-likeness (QED) is 0.495. The van der Waals surface area contributed by atoms with Crippen LogP contribution >= 0.6 is 0 Å². The molecule has 0 heterocycles. The molecule has 1 N–H and O–H groups in total. The van der Waals surface area contributed by atoms with Gasteiger partial charge in [0.05, 0.1) is 0 Å². The lowest BCUT2D eigenvalue weighted by Gasteiger charge is -2.04. The second kappa shape index (κ2) is 4.58. The summed E-state index contributed by atoms with van der Waals surface area (Å²) < 4.78 is 0. The van der Waals surface area contributed by atoms with Crippen molar-refractivity contribution in [2.45, 2.75) is 33.0 Å². The van der Waals surface area contributed by atoms with Crippen molar-refractivity contribution in [1.82, 2.24) is 0 Å². The molecule has 0 aliphatic carbocycles. The zero-order valence-electron chi connectivity index (χ0n) is 7.94. The fraction of sp³-hybridized carbons (Fsp3) is 0.778. The molecule has 0 unspecified atom stereocenters. The molecule has 0 aromatic carbocycles. The summed E-state index contributed by atoms with van der Waals surface area (Å²) in [6, 6.07) is 0. The van der Waals surface area contributed by atoms with Crippen molar-refractivity contribution in [3.05, 3.63) is 0 Å². The van der Waals surface area contributed by atoms with E-state index in [2.05, 4.69) is 31.1 Å². The number of hydrogen-bond donors (Lipinski definition) is 1. The van der Waals surface area contributed by atoms with Crippen molar-refractivity contribution in [3.8, 4) is 11.5 Å². The zero-order chi connectivity index (χ0) is 8.91. The van der Waals surface area contributed by atoms with Crippen molar-refractivity contribution in [1.29, 1.82) is 0 Å². The highest BCUT2D eigenvalue weighted by Gasteiger charge is 2.07. The Hall–Kier alpha value is -0.263. The van der Waals surface area contributed by atoms with Crippen LogP contribution in [0.4, 0.5) is 0 Å². The average Bonchev–Trinajstić information content (AvgIpc) is 1.85. The van der Waals surface area contributed by atoms with Gasteiger partial charge in [0.1, 0.15) is 8.07 Å². The summed E-state index contributed by atoms with van der Waals surface area (Å²) in [5.41, 5.74) is 3.26. The largest absolute Gasteiger partial charge is 0.396 e. The first-order chi connectivity index (χ1) is 4.95. The number of rotatable bonds is 2. The van der Waals surface area contributed by atoms with Crippen molar-refractivity contribution < 1.29 is 5.11 Å². The lowest BCUT2D eigenvalue weighted by Crippen LogP contribution is -2.16. The van der Waals surface area contributed by atoms with Crippen LogP contribution in [0.3, 0.4) is 0 Å². The average molecular weight is 170 g/mol. The minimum atomic E-state index is -1.18. The summed E-state index contributed by atoms with van der Waals surface area (Å²) in [4.78, 5) is 0. The SMILES string of the molecule is C[C@H](CO)CC#C[Si](C)(C)C. The molecule has 0 bridgehead atoms. The Morgan fingerprint density at radius 2 is 1.91 bits per heavy atom. The molecule has 1 atom stereocenters. The summed E-state index contributed by atoms with van der Waals surface area (Å²) in [6.45, 7) is 8.94. The Bertz CT molecular complexity index is 159. The Balaban J connectivity index is 3.73. The van der Waals surface area contributed by atoms with E-state index in [-0.39, 0.29) is 6.61 Å². The molecule has 0 saturated heterocycles. The molecule has 2 heteroatoms. The second-order valence-electron chi connectivity index (χ2n) is 4.04. The smallest absolute Gasteiger partial charge is 0.129 e. The van der Waals surface area contributed by atoms with Crippen molar-refractivity contribution >= 4 is 8.07 Å². The Morgan fingerprint density at radius 3 is 2.27 bits per heavy atom. The molecule has 0 radical (unpaired) electrons. The van der Waals surface area contributed by atoms with Gasteiger partial charge in [-0.2, -0.15) is 0 Å². The summed E-state index contributed by atoms with van der Waals surface area (Å²) in [5, 5.41) is 8.71. The lowest BCUT2D eigenvalue weighted by atomic mass is 10.1. The maximum atomic E-state index is 8.71. The Kier molecular flexibility index (Phi) is 4.47. The van der Waals surface area contributed by atoms with Crippen LogP contribution in [0.25, 0.3) is 0 Å². The van der Waals surface area contributed by atoms with E-state index >= 15 is 0 Å². The van der Waals surface area contributed by atoms with Gasteiger partial charge in [0, 0.05) is 13.0 Å². The third-order valence-corrected chi connectivity index (χ3v) is 2.15. The van der Waals surface area contributed by atoms with Gasteiger partial charge in [-0.3, -0.25) is 0 Å². The molecule has 64 valence electrons. The summed E-state index contributed by atoms with van der Waals surface area (Å²) in [6.07, 6.45) is 0.834. The highest BCUT2D eigenvalue weighted by Crippen LogP contribution is 2.00. The fourth-order valence-electron chi connectivity index (χ4n) is 0.555. The predicted molar refractivity (Wildman–Crippen MR) is 52.0 cm³/mol. The molecule has 0 rings (SSSR count). The van der Waals surface area contributed by atoms with Crippen molar-refractivity contribution in [3.63, 3.8) is 0 Å². The van der Waals surface area contributed by atoms with Crippen molar-refractivity contribution in [2.24, 2.45) is 5.92 Å². The van der Waals surface area contributed by atoms with Crippen LogP contribution in [0.1, 0.15) is 13.3 Å². The first-order valence-electron chi connectivity index (χ1n) is 4.06. The van der Waals surface area contributed by atoms with E-state index in [1.165, 1.54) is 0 Å². The van der Waals surface area contributed by atoms with Crippen LogP contribution in [0, 0.1) is 17.4 Å². The van der Waals surface area contributed by atoms with Crippen LogP contribution in [0.5, 0.6) is 0 Å². The van der Waals surface area contributed by atoms with E-state index in [0.29, 0.717) is 5.92 Å². The topological polar surface area (TPSA) is 20.2 Å². The summed E-state index contributed by atoms with van der Waals surface area (Å²) in [7, 11) is -1.18. The molecule has 0 spiro atoms. The highest BCUT2D eigenvalue weighted by atomic mass is 28.3. The molecule has 1 nitrogen and oxygen atoms in total. The third-order valence-electron chi connectivity index (χ3n) is 1.23. The predicted octanol–water partition coefficient (Wildman–Crippen LogP) is 1.89. The van der Waals surface area contributed by atoms with Gasteiger partial charge in [-0.05, 0) is 5.92 Å². The standard InChI is InChI=1S/C9H18OSi/c1-9(8-10)6-5-7-11(2,3)4/h9-10H,6,8H2,1-4H3/t9-/m0/s1. The van der Waals surface area contributed by atoms with Gasteiger partial charge >= 0.3 is 0 Å². The van der Waals surface area contributed by atoms with Crippen LogP contribution in [0.15, 0.2) is 0 Å². The summed E-state index contributed by atoms with van der Waals surface area (Å²) >= 11 is 0. The van der Waals surface area contributed by atoms with Crippen LogP contribution in [-0.2, 0) is 0 Å². The first kappa shape index (κ1) is 10.7. The van der Waals surface area contributed by atoms with Gasteiger partial charge in [-0.1, -0.05) is 26.6 Å². The van der Waals surface area contributed by atoms with Crippen LogP contribution in [-0.4, -0.2) is 19.8 Å². The molecule has 0 aliphatic rings. The molecule has 0 aromatic heterocycles. The second-order valence-corrected chi connectivity index (χ2v) is 8.79. The Morgan fingerprint density at radius 1 is 1.36 bits per heavy atom. The molecule has 11 heavy (non-hydrogen) atoms. The van der Waals surface area contributed by atoms with Crippen LogP contribution in [0.2, 0.25) is 19.6 Å². The van der Waals surface area contributed by atoms with Gasteiger partial charge < -0.3 is 5.11 Å². The molecule has 0 saturated carbocycles. The third kappa shape index (κ3) is 7.64. The molecular formula is C9H18OSi. The van der Waals surface area contributed by atoms with E-state index < -0.39 is 8.07 Å². The lowest BCUT2D eigenvalue weighted by molar-refractivity contribution is 0.240. The van der Waals surface area contributed by atoms with Gasteiger partial charge in [0.25, 0.3) is 0 Å². The van der Waals surface area contributed by atoms with E-state index in [9.17, 15) is 0 Å². The molecule has 0 aromatic rings. The van der Waals surface area contributed by atoms with Gasteiger partial charge in [-0.25, -0.2) is 0 Å². The molecule has 0 fully saturated rings. The maximum absolute atomic E-state index is 8.71. The summed E-state index contributed by atoms with van der Waals surface area (Å²) in [5.74, 6) is 3.46. The number of aliphatic hydroxyl groups excluding tert-OH is 1. The maximum Gasteiger partial charge on any atom is 0.129 e. The van der Waals surface area contributed by atoms with E-state index in [4.69, 9.17) is 5.11 Å². The van der Waals surface area contributed by atoms with E-state index in [1.54, 1.807) is 0 Å². The Labute approximate surface area is 70.8 Å². The van der Waals surface area contributed by atoms with Crippen LogP contribution < -0.4 is 0 Å². The first-order valence-corrected chi connectivity index (χ1v) is 7.56. The minimum absolute atomic E-state index is 0.250. The van der Waals surface area contributed by atoms with Gasteiger partial charge in [0.15, 0.2) is 0 Å². The van der Waals surface area contributed by atoms with E-state index in [0.717, 1.165) is 6.42 Å². The molecule has 0 amide bonds. The fourth-order valence-corrected chi connectivity index (χ4v) is 1.19. The monoisotopic (exact) mass is 170 g/mol.